The molecular formula is C16H15FN2O5. The van der Waals surface area contributed by atoms with E-state index in [1.165, 1.54) is 49.6 Å². The van der Waals surface area contributed by atoms with Gasteiger partial charge in [0.05, 0.1) is 18.1 Å². The highest BCUT2D eigenvalue weighted by Gasteiger charge is 2.16. The quantitative estimate of drug-likeness (QED) is 0.666. The third kappa shape index (κ3) is 4.19. The molecule has 1 atom stereocenters. The number of rotatable bonds is 5. The van der Waals surface area contributed by atoms with E-state index >= 15 is 0 Å². The SMILES string of the molecule is COc1ccc(F)c([C@@H](C)NC(=O)Oc2ccc([N+](=O)[O-])cc2)c1. The number of carbonyl (C=O) groups excluding carboxylic acids is 1. The average molecular weight is 334 g/mol. The van der Waals surface area contributed by atoms with Crippen LogP contribution < -0.4 is 14.8 Å². The van der Waals surface area contributed by atoms with Gasteiger partial charge in [0.15, 0.2) is 0 Å². The van der Waals surface area contributed by atoms with Gasteiger partial charge in [-0.1, -0.05) is 0 Å². The molecule has 1 N–H and O–H groups in total. The molecule has 0 unspecified atom stereocenters. The molecule has 24 heavy (non-hydrogen) atoms. The average Bonchev–Trinajstić information content (AvgIpc) is 2.55. The molecular weight excluding hydrogens is 319 g/mol. The third-order valence-electron chi connectivity index (χ3n) is 3.26. The number of nitrogens with one attached hydrogen (secondary N) is 1. The van der Waals surface area contributed by atoms with Gasteiger partial charge >= 0.3 is 6.09 Å². The lowest BCUT2D eigenvalue weighted by molar-refractivity contribution is -0.384. The van der Waals surface area contributed by atoms with E-state index in [2.05, 4.69) is 5.32 Å². The Kier molecular flexibility index (Phi) is 5.31. The molecule has 0 spiro atoms. The van der Waals surface area contributed by atoms with Gasteiger partial charge in [-0.15, -0.1) is 0 Å². The van der Waals surface area contributed by atoms with Crippen molar-refractivity contribution in [1.82, 2.24) is 5.32 Å². The fraction of sp³-hybridized carbons (Fsp3) is 0.188. The Morgan fingerprint density at radius 2 is 1.83 bits per heavy atom. The number of amides is 1. The molecule has 0 radical (unpaired) electrons. The highest BCUT2D eigenvalue weighted by atomic mass is 19.1. The van der Waals surface area contributed by atoms with Crippen LogP contribution in [0.25, 0.3) is 0 Å². The first kappa shape index (κ1) is 17.2. The van der Waals surface area contributed by atoms with Gasteiger partial charge in [-0.3, -0.25) is 10.1 Å². The lowest BCUT2D eigenvalue weighted by Crippen LogP contribution is -2.30. The lowest BCUT2D eigenvalue weighted by atomic mass is 10.1. The van der Waals surface area contributed by atoms with Crippen LogP contribution in [0.3, 0.4) is 0 Å². The molecule has 0 heterocycles. The number of nitro groups is 1. The van der Waals surface area contributed by atoms with Gasteiger partial charge in [-0.05, 0) is 37.3 Å². The number of carbonyl (C=O) groups is 1. The molecule has 126 valence electrons. The largest absolute Gasteiger partial charge is 0.497 e. The molecule has 0 saturated carbocycles. The van der Waals surface area contributed by atoms with Crippen LogP contribution in [-0.4, -0.2) is 18.1 Å². The van der Waals surface area contributed by atoms with E-state index in [9.17, 15) is 19.3 Å². The van der Waals surface area contributed by atoms with Gasteiger partial charge in [0.1, 0.15) is 17.3 Å². The predicted octanol–water partition coefficient (Wildman–Crippen LogP) is 3.59. The molecule has 7 nitrogen and oxygen atoms in total. The summed E-state index contributed by atoms with van der Waals surface area (Å²) in [6.07, 6.45) is -0.807. The zero-order chi connectivity index (χ0) is 17.7. The van der Waals surface area contributed by atoms with Crippen LogP contribution >= 0.6 is 0 Å². The summed E-state index contributed by atoms with van der Waals surface area (Å²) in [4.78, 5) is 21.9. The number of non-ortho nitro benzene ring substituents is 1. The predicted molar refractivity (Wildman–Crippen MR) is 83.6 cm³/mol. The minimum absolute atomic E-state index is 0.116. The first-order chi connectivity index (χ1) is 11.4. The van der Waals surface area contributed by atoms with Crippen LogP contribution in [0.4, 0.5) is 14.9 Å². The minimum Gasteiger partial charge on any atom is -0.497 e. The van der Waals surface area contributed by atoms with Crippen molar-refractivity contribution in [3.8, 4) is 11.5 Å². The second-order valence-corrected chi connectivity index (χ2v) is 4.89. The van der Waals surface area contributed by atoms with Crippen molar-refractivity contribution in [2.75, 3.05) is 7.11 Å². The van der Waals surface area contributed by atoms with Crippen molar-refractivity contribution in [2.24, 2.45) is 0 Å². The second kappa shape index (κ2) is 7.40. The Labute approximate surface area is 137 Å². The van der Waals surface area contributed by atoms with Crippen LogP contribution in [0, 0.1) is 15.9 Å². The summed E-state index contributed by atoms with van der Waals surface area (Å²) < 4.78 is 23.9. The van der Waals surface area contributed by atoms with Crippen molar-refractivity contribution < 1.29 is 23.6 Å². The van der Waals surface area contributed by atoms with Gasteiger partial charge in [0.2, 0.25) is 0 Å². The molecule has 0 bridgehead atoms. The Morgan fingerprint density at radius 1 is 1.21 bits per heavy atom. The summed E-state index contributed by atoms with van der Waals surface area (Å²) in [6, 6.07) is 8.57. The van der Waals surface area contributed by atoms with Crippen LogP contribution in [0.1, 0.15) is 18.5 Å². The number of ether oxygens (including phenoxy) is 2. The Balaban J connectivity index is 2.02. The number of hydrogen-bond donors (Lipinski definition) is 1. The summed E-state index contributed by atoms with van der Waals surface area (Å²) in [5.41, 5.74) is 0.129. The number of nitrogens with zero attached hydrogens (tertiary/aromatic N) is 1. The van der Waals surface area contributed by atoms with Gasteiger partial charge < -0.3 is 14.8 Å². The van der Waals surface area contributed by atoms with Crippen LogP contribution in [0.5, 0.6) is 11.5 Å². The van der Waals surface area contributed by atoms with Crippen LogP contribution in [0.15, 0.2) is 42.5 Å². The third-order valence-corrected chi connectivity index (χ3v) is 3.26. The van der Waals surface area contributed by atoms with Crippen molar-refractivity contribution in [1.29, 1.82) is 0 Å². The molecule has 1 amide bonds. The molecule has 0 aliphatic carbocycles. The summed E-state index contributed by atoms with van der Waals surface area (Å²) in [5.74, 6) is 0.110. The zero-order valence-electron chi connectivity index (χ0n) is 13.0. The molecule has 0 aliphatic heterocycles. The molecule has 0 fully saturated rings. The Morgan fingerprint density at radius 3 is 2.42 bits per heavy atom. The van der Waals surface area contributed by atoms with Crippen LogP contribution in [-0.2, 0) is 0 Å². The summed E-state index contributed by atoms with van der Waals surface area (Å²) >= 11 is 0. The van der Waals surface area contributed by atoms with Crippen molar-refractivity contribution >= 4 is 11.8 Å². The molecule has 2 rings (SSSR count). The van der Waals surface area contributed by atoms with E-state index in [0.29, 0.717) is 5.75 Å². The van der Waals surface area contributed by atoms with Gasteiger partial charge in [0.25, 0.3) is 5.69 Å². The van der Waals surface area contributed by atoms with Gasteiger partial charge in [-0.2, -0.15) is 0 Å². The number of methoxy groups -OCH3 is 1. The zero-order valence-corrected chi connectivity index (χ0v) is 13.0. The number of hydrogen-bond acceptors (Lipinski definition) is 5. The fourth-order valence-electron chi connectivity index (χ4n) is 2.01. The minimum atomic E-state index is -0.807. The topological polar surface area (TPSA) is 90.7 Å². The first-order valence-corrected chi connectivity index (χ1v) is 6.97. The van der Waals surface area contributed by atoms with Crippen molar-refractivity contribution in [3.63, 3.8) is 0 Å². The smallest absolute Gasteiger partial charge is 0.413 e. The molecule has 0 aromatic heterocycles. The van der Waals surface area contributed by atoms with E-state index in [0.717, 1.165) is 0 Å². The maximum absolute atomic E-state index is 13.8. The Bertz CT molecular complexity index is 749. The number of nitro benzene ring substituents is 1. The van der Waals surface area contributed by atoms with Gasteiger partial charge in [0, 0.05) is 17.7 Å². The van der Waals surface area contributed by atoms with Crippen LogP contribution in [0.2, 0.25) is 0 Å². The standard InChI is InChI=1S/C16H15FN2O5/c1-10(14-9-13(23-2)7-8-15(14)17)18-16(20)24-12-5-3-11(4-6-12)19(21)22/h3-10H,1-2H3,(H,18,20)/t10-/m1/s1. The Hall–Kier alpha value is -3.16. The monoisotopic (exact) mass is 334 g/mol. The maximum atomic E-state index is 13.8. The van der Waals surface area contributed by atoms with E-state index in [4.69, 9.17) is 9.47 Å². The molecule has 2 aromatic rings. The molecule has 8 heteroatoms. The maximum Gasteiger partial charge on any atom is 0.413 e. The number of benzene rings is 2. The van der Waals surface area contributed by atoms with E-state index in [1.807, 2.05) is 0 Å². The normalized spacial score (nSPS) is 11.5. The van der Waals surface area contributed by atoms with Crippen molar-refractivity contribution in [3.05, 3.63) is 64.0 Å². The highest BCUT2D eigenvalue weighted by molar-refractivity contribution is 5.71. The summed E-state index contributed by atoms with van der Waals surface area (Å²) in [7, 11) is 1.46. The van der Waals surface area contributed by atoms with Crippen molar-refractivity contribution in [2.45, 2.75) is 13.0 Å². The fourth-order valence-corrected chi connectivity index (χ4v) is 2.01. The molecule has 0 saturated heterocycles. The van der Waals surface area contributed by atoms with E-state index < -0.39 is 22.9 Å². The summed E-state index contributed by atoms with van der Waals surface area (Å²) in [5, 5.41) is 13.0. The summed E-state index contributed by atoms with van der Waals surface area (Å²) in [6.45, 7) is 1.59. The highest BCUT2D eigenvalue weighted by Crippen LogP contribution is 2.23. The lowest BCUT2D eigenvalue weighted by Gasteiger charge is -2.15. The molecule has 0 aliphatic rings. The number of halogens is 1. The van der Waals surface area contributed by atoms with E-state index in [1.54, 1.807) is 6.92 Å². The van der Waals surface area contributed by atoms with E-state index in [-0.39, 0.29) is 17.0 Å². The molecule has 2 aromatic carbocycles. The second-order valence-electron chi connectivity index (χ2n) is 4.89. The van der Waals surface area contributed by atoms with Gasteiger partial charge in [-0.25, -0.2) is 9.18 Å². The first-order valence-electron chi connectivity index (χ1n) is 6.97.